The van der Waals surface area contributed by atoms with Crippen LogP contribution in [0.3, 0.4) is 0 Å². The largest absolute Gasteiger partial charge is 0.457 e. The second kappa shape index (κ2) is 5.52. The van der Waals surface area contributed by atoms with Crippen molar-refractivity contribution in [3.05, 3.63) is 23.3 Å². The predicted molar refractivity (Wildman–Crippen MR) is 90.5 cm³/mol. The van der Waals surface area contributed by atoms with Crippen LogP contribution in [-0.2, 0) is 23.9 Å². The fourth-order valence-corrected chi connectivity index (χ4v) is 5.71. The van der Waals surface area contributed by atoms with E-state index in [1.807, 2.05) is 6.92 Å². The lowest BCUT2D eigenvalue weighted by Gasteiger charge is -2.59. The van der Waals surface area contributed by atoms with Gasteiger partial charge < -0.3 is 14.6 Å². The van der Waals surface area contributed by atoms with Crippen LogP contribution in [0.25, 0.3) is 0 Å². The minimum atomic E-state index is -1.37. The number of hydrogen-bond donors (Lipinski definition) is 1. The van der Waals surface area contributed by atoms with Crippen molar-refractivity contribution < 1.29 is 29.0 Å². The molecular formula is C20H24O6. The Balaban J connectivity index is 1.73. The first kappa shape index (κ1) is 17.5. The summed E-state index contributed by atoms with van der Waals surface area (Å²) in [5.74, 6) is -1.08. The third-order valence-electron chi connectivity index (χ3n) is 7.33. The molecule has 4 rings (SSSR count). The van der Waals surface area contributed by atoms with E-state index in [1.165, 1.54) is 6.08 Å². The number of carbonyl (C=O) groups is 3. The Labute approximate surface area is 152 Å². The SMILES string of the molecule is CC1=CC(=O)C[C@H]2[C@]3(C)C[C@H](C4=CC(=O)O[C@@H]4O)OC(=O)[C@H]3CC[C@]12C. The van der Waals surface area contributed by atoms with E-state index in [0.29, 0.717) is 24.8 Å². The highest BCUT2D eigenvalue weighted by atomic mass is 16.6. The lowest BCUT2D eigenvalue weighted by molar-refractivity contribution is -0.189. The maximum absolute atomic E-state index is 12.8. The monoisotopic (exact) mass is 360 g/mol. The van der Waals surface area contributed by atoms with Crippen LogP contribution in [0.2, 0.25) is 0 Å². The fraction of sp³-hybridized carbons (Fsp3) is 0.650. The molecule has 0 aromatic carbocycles. The maximum atomic E-state index is 12.8. The van der Waals surface area contributed by atoms with E-state index >= 15 is 0 Å². The Hall–Kier alpha value is -1.95. The summed E-state index contributed by atoms with van der Waals surface area (Å²) in [6.07, 6.45) is 3.34. The minimum Gasteiger partial charge on any atom is -0.457 e. The summed E-state index contributed by atoms with van der Waals surface area (Å²) in [6, 6.07) is 0. The van der Waals surface area contributed by atoms with Crippen LogP contribution in [0.5, 0.6) is 0 Å². The van der Waals surface area contributed by atoms with E-state index in [2.05, 4.69) is 13.8 Å². The number of rotatable bonds is 1. The quantitative estimate of drug-likeness (QED) is 0.720. The molecule has 0 radical (unpaired) electrons. The third-order valence-corrected chi connectivity index (χ3v) is 7.33. The maximum Gasteiger partial charge on any atom is 0.333 e. The minimum absolute atomic E-state index is 0.0253. The molecule has 2 heterocycles. The topological polar surface area (TPSA) is 89.9 Å². The number of carbonyl (C=O) groups excluding carboxylic acids is 3. The number of hydrogen-bond acceptors (Lipinski definition) is 6. The van der Waals surface area contributed by atoms with Crippen molar-refractivity contribution in [2.45, 2.75) is 58.8 Å². The molecular weight excluding hydrogens is 336 g/mol. The van der Waals surface area contributed by atoms with Crippen LogP contribution in [-0.4, -0.2) is 35.2 Å². The van der Waals surface area contributed by atoms with Crippen LogP contribution in [0.4, 0.5) is 0 Å². The average Bonchev–Trinajstić information content (AvgIpc) is 2.88. The Morgan fingerprint density at radius 2 is 1.88 bits per heavy atom. The molecule has 6 atom stereocenters. The van der Waals surface area contributed by atoms with Crippen LogP contribution >= 0.6 is 0 Å². The van der Waals surface area contributed by atoms with E-state index in [-0.39, 0.29) is 29.0 Å². The van der Waals surface area contributed by atoms with Gasteiger partial charge >= 0.3 is 11.9 Å². The standard InChI is InChI=1S/C20H24O6/c1-10-6-11(21)7-15-19(10,2)5-4-13-18(24)25-14(9-20(13,15)3)12-8-16(22)26-17(12)23/h6,8,13-15,17,23H,4-5,7,9H2,1-3H3/t13-,14-,15-,17+,19-,20-/m1/s1. The van der Waals surface area contributed by atoms with Crippen molar-refractivity contribution in [1.82, 2.24) is 0 Å². The molecule has 0 spiro atoms. The van der Waals surface area contributed by atoms with Gasteiger partial charge in [-0.3, -0.25) is 9.59 Å². The number of aliphatic hydroxyl groups excluding tert-OH is 1. The second-order valence-corrected chi connectivity index (χ2v) is 8.63. The number of aliphatic hydroxyl groups is 1. The van der Waals surface area contributed by atoms with Gasteiger partial charge in [0.05, 0.1) is 5.92 Å². The van der Waals surface area contributed by atoms with Crippen molar-refractivity contribution in [2.75, 3.05) is 0 Å². The molecule has 2 aliphatic carbocycles. The molecule has 6 nitrogen and oxygen atoms in total. The molecule has 0 aromatic rings. The van der Waals surface area contributed by atoms with Crippen LogP contribution < -0.4 is 0 Å². The highest BCUT2D eigenvalue weighted by molar-refractivity contribution is 5.92. The zero-order valence-electron chi connectivity index (χ0n) is 15.3. The summed E-state index contributed by atoms with van der Waals surface area (Å²) in [7, 11) is 0. The molecule has 1 N–H and O–H groups in total. The average molecular weight is 360 g/mol. The molecule has 1 saturated heterocycles. The Bertz CT molecular complexity index is 764. The molecule has 26 heavy (non-hydrogen) atoms. The molecule has 0 bridgehead atoms. The first-order valence-corrected chi connectivity index (χ1v) is 9.17. The number of ketones is 1. The summed E-state index contributed by atoms with van der Waals surface area (Å²) >= 11 is 0. The molecule has 140 valence electrons. The first-order chi connectivity index (χ1) is 12.1. The Morgan fingerprint density at radius 1 is 1.15 bits per heavy atom. The van der Waals surface area contributed by atoms with Crippen molar-refractivity contribution in [3.63, 3.8) is 0 Å². The van der Waals surface area contributed by atoms with Gasteiger partial charge in [0.15, 0.2) is 5.78 Å². The van der Waals surface area contributed by atoms with Gasteiger partial charge in [0.2, 0.25) is 6.29 Å². The van der Waals surface area contributed by atoms with E-state index in [9.17, 15) is 19.5 Å². The van der Waals surface area contributed by atoms with Crippen molar-refractivity contribution in [3.8, 4) is 0 Å². The van der Waals surface area contributed by atoms with Gasteiger partial charge in [-0.2, -0.15) is 0 Å². The number of esters is 2. The van der Waals surface area contributed by atoms with Crippen molar-refractivity contribution in [1.29, 1.82) is 0 Å². The van der Waals surface area contributed by atoms with Gasteiger partial charge in [-0.1, -0.05) is 19.4 Å². The second-order valence-electron chi connectivity index (χ2n) is 8.63. The van der Waals surface area contributed by atoms with E-state index in [1.54, 1.807) is 6.08 Å². The van der Waals surface area contributed by atoms with Gasteiger partial charge in [0.25, 0.3) is 0 Å². The molecule has 0 amide bonds. The Morgan fingerprint density at radius 3 is 2.54 bits per heavy atom. The normalized spacial score (nSPS) is 45.2. The van der Waals surface area contributed by atoms with Gasteiger partial charge in [-0.15, -0.1) is 0 Å². The highest BCUT2D eigenvalue weighted by Gasteiger charge is 2.61. The Kier molecular flexibility index (Phi) is 3.71. The predicted octanol–water partition coefficient (Wildman–Crippen LogP) is 2.06. The van der Waals surface area contributed by atoms with Gasteiger partial charge in [-0.25, -0.2) is 4.79 Å². The number of cyclic esters (lactones) is 2. The number of ether oxygens (including phenoxy) is 2. The van der Waals surface area contributed by atoms with Crippen molar-refractivity contribution in [2.24, 2.45) is 22.7 Å². The third kappa shape index (κ3) is 2.31. The summed E-state index contributed by atoms with van der Waals surface area (Å²) in [6.45, 7) is 6.24. The zero-order valence-corrected chi connectivity index (χ0v) is 15.3. The fourth-order valence-electron chi connectivity index (χ4n) is 5.71. The number of fused-ring (bicyclic) bond motifs is 3. The smallest absolute Gasteiger partial charge is 0.333 e. The molecule has 2 aliphatic heterocycles. The lowest BCUT2D eigenvalue weighted by atomic mass is 9.46. The van der Waals surface area contributed by atoms with E-state index in [0.717, 1.165) is 12.0 Å². The summed E-state index contributed by atoms with van der Waals surface area (Å²) in [5.41, 5.74) is 0.804. The van der Waals surface area contributed by atoms with Gasteiger partial charge in [-0.05, 0) is 49.0 Å². The van der Waals surface area contributed by atoms with E-state index < -0.39 is 23.8 Å². The first-order valence-electron chi connectivity index (χ1n) is 9.17. The highest BCUT2D eigenvalue weighted by Crippen LogP contribution is 2.63. The lowest BCUT2D eigenvalue weighted by Crippen LogP contribution is -2.58. The van der Waals surface area contributed by atoms with Gasteiger partial charge in [0, 0.05) is 18.1 Å². The molecule has 0 unspecified atom stereocenters. The molecule has 1 saturated carbocycles. The van der Waals surface area contributed by atoms with Crippen molar-refractivity contribution >= 4 is 17.7 Å². The molecule has 0 aromatic heterocycles. The van der Waals surface area contributed by atoms with Crippen LogP contribution in [0, 0.1) is 22.7 Å². The summed E-state index contributed by atoms with van der Waals surface area (Å²) in [5, 5.41) is 9.98. The molecule has 6 heteroatoms. The molecule has 4 aliphatic rings. The van der Waals surface area contributed by atoms with Gasteiger partial charge in [0.1, 0.15) is 6.10 Å². The summed E-state index contributed by atoms with van der Waals surface area (Å²) < 4.78 is 10.4. The summed E-state index contributed by atoms with van der Waals surface area (Å²) in [4.78, 5) is 36.5. The van der Waals surface area contributed by atoms with E-state index in [4.69, 9.17) is 9.47 Å². The zero-order chi connectivity index (χ0) is 18.9. The molecule has 2 fully saturated rings. The van der Waals surface area contributed by atoms with Crippen LogP contribution in [0.1, 0.15) is 46.5 Å². The van der Waals surface area contributed by atoms with Crippen LogP contribution in [0.15, 0.2) is 23.3 Å². The number of allylic oxidation sites excluding steroid dienone is 2.